The number of carbonyl (C=O) groups excluding carboxylic acids is 1. The van der Waals surface area contributed by atoms with E-state index in [1.807, 2.05) is 19.1 Å². The number of methoxy groups -OCH3 is 3. The molecule has 0 amide bonds. The fraction of sp³-hybridized carbons (Fsp3) is 0.533. The second-order valence-corrected chi connectivity index (χ2v) is 4.28. The number of hydrogen-bond acceptors (Lipinski definition) is 6. The molecule has 0 unspecified atom stereocenters. The lowest BCUT2D eigenvalue weighted by Crippen LogP contribution is -2.12. The van der Waals surface area contributed by atoms with Crippen LogP contribution in [-0.2, 0) is 16.1 Å². The molecule has 0 saturated carbocycles. The zero-order valence-electron chi connectivity index (χ0n) is 13.0. The number of esters is 1. The van der Waals surface area contributed by atoms with E-state index in [0.29, 0.717) is 23.8 Å². The first-order chi connectivity index (χ1) is 10.2. The molecule has 0 aliphatic rings. The largest absolute Gasteiger partial charge is 0.493 e. The molecule has 0 aromatic heterocycles. The van der Waals surface area contributed by atoms with Gasteiger partial charge in [0.2, 0.25) is 5.75 Å². The molecular weight excluding hydrogens is 274 g/mol. The standard InChI is InChI=1S/C15H23NO5/c1-5-16-10-11-8-12(18-2)15(13(9-11)19-3)21-7-6-14(17)20-4/h8-9,16H,5-7,10H2,1-4H3. The molecule has 1 N–H and O–H groups in total. The molecule has 1 rings (SSSR count). The summed E-state index contributed by atoms with van der Waals surface area (Å²) in [6, 6.07) is 3.78. The van der Waals surface area contributed by atoms with Crippen LogP contribution < -0.4 is 19.5 Å². The van der Waals surface area contributed by atoms with Crippen molar-refractivity contribution in [2.75, 3.05) is 34.5 Å². The van der Waals surface area contributed by atoms with Crippen LogP contribution >= 0.6 is 0 Å². The topological polar surface area (TPSA) is 66.0 Å². The summed E-state index contributed by atoms with van der Waals surface area (Å²) in [7, 11) is 4.48. The number of ether oxygens (including phenoxy) is 4. The maximum Gasteiger partial charge on any atom is 0.308 e. The number of nitrogens with one attached hydrogen (secondary N) is 1. The monoisotopic (exact) mass is 297 g/mol. The normalized spacial score (nSPS) is 10.1. The molecule has 0 aliphatic heterocycles. The zero-order chi connectivity index (χ0) is 15.7. The van der Waals surface area contributed by atoms with Crippen LogP contribution in [0, 0.1) is 0 Å². The van der Waals surface area contributed by atoms with Crippen molar-refractivity contribution in [3.05, 3.63) is 17.7 Å². The van der Waals surface area contributed by atoms with E-state index in [4.69, 9.17) is 14.2 Å². The van der Waals surface area contributed by atoms with E-state index in [9.17, 15) is 4.79 Å². The van der Waals surface area contributed by atoms with E-state index in [-0.39, 0.29) is 19.0 Å². The third-order valence-electron chi connectivity index (χ3n) is 2.88. The number of rotatable bonds is 9. The van der Waals surface area contributed by atoms with Crippen molar-refractivity contribution < 1.29 is 23.7 Å². The van der Waals surface area contributed by atoms with Crippen LogP contribution in [0.15, 0.2) is 12.1 Å². The molecule has 1 aromatic rings. The minimum atomic E-state index is -0.323. The number of carbonyl (C=O) groups is 1. The Morgan fingerprint density at radius 3 is 2.24 bits per heavy atom. The average Bonchev–Trinajstić information content (AvgIpc) is 2.52. The van der Waals surface area contributed by atoms with Crippen LogP contribution in [0.1, 0.15) is 18.9 Å². The summed E-state index contributed by atoms with van der Waals surface area (Å²) in [5, 5.41) is 3.24. The molecule has 0 fully saturated rings. The Morgan fingerprint density at radius 2 is 1.76 bits per heavy atom. The van der Waals surface area contributed by atoms with Crippen molar-refractivity contribution in [3.63, 3.8) is 0 Å². The molecule has 21 heavy (non-hydrogen) atoms. The third kappa shape index (κ3) is 5.15. The number of hydrogen-bond donors (Lipinski definition) is 1. The van der Waals surface area contributed by atoms with Crippen molar-refractivity contribution in [3.8, 4) is 17.2 Å². The summed E-state index contributed by atoms with van der Waals surface area (Å²) in [6.45, 7) is 3.83. The predicted octanol–water partition coefficient (Wildman–Crippen LogP) is 1.76. The fourth-order valence-corrected chi connectivity index (χ4v) is 1.79. The lowest BCUT2D eigenvalue weighted by atomic mass is 10.1. The summed E-state index contributed by atoms with van der Waals surface area (Å²) in [6.07, 6.45) is 0.169. The van der Waals surface area contributed by atoms with Gasteiger partial charge in [-0.3, -0.25) is 4.79 Å². The van der Waals surface area contributed by atoms with Crippen LogP contribution in [0.3, 0.4) is 0 Å². The Bertz CT molecular complexity index is 436. The van der Waals surface area contributed by atoms with Crippen molar-refractivity contribution in [2.24, 2.45) is 0 Å². The smallest absolute Gasteiger partial charge is 0.308 e. The molecule has 118 valence electrons. The maximum atomic E-state index is 11.1. The molecule has 0 aliphatic carbocycles. The minimum Gasteiger partial charge on any atom is -0.493 e. The first-order valence-electron chi connectivity index (χ1n) is 6.81. The zero-order valence-corrected chi connectivity index (χ0v) is 13.0. The highest BCUT2D eigenvalue weighted by molar-refractivity contribution is 5.69. The molecular formula is C15H23NO5. The molecule has 0 saturated heterocycles. The number of benzene rings is 1. The second kappa shape index (κ2) is 9.07. The van der Waals surface area contributed by atoms with Crippen LogP contribution in [0.2, 0.25) is 0 Å². The molecule has 1 aromatic carbocycles. The van der Waals surface area contributed by atoms with Crippen molar-refractivity contribution in [1.29, 1.82) is 0 Å². The van der Waals surface area contributed by atoms with Crippen LogP contribution in [-0.4, -0.2) is 40.5 Å². The fourth-order valence-electron chi connectivity index (χ4n) is 1.79. The van der Waals surface area contributed by atoms with Gasteiger partial charge in [-0.25, -0.2) is 0 Å². The predicted molar refractivity (Wildman–Crippen MR) is 79.1 cm³/mol. The minimum absolute atomic E-state index is 0.169. The Morgan fingerprint density at radius 1 is 1.14 bits per heavy atom. The molecule has 6 nitrogen and oxygen atoms in total. The second-order valence-electron chi connectivity index (χ2n) is 4.28. The highest BCUT2D eigenvalue weighted by Crippen LogP contribution is 2.38. The first kappa shape index (κ1) is 17.1. The highest BCUT2D eigenvalue weighted by Gasteiger charge is 2.14. The van der Waals surface area contributed by atoms with E-state index < -0.39 is 0 Å². The van der Waals surface area contributed by atoms with Gasteiger partial charge in [0.1, 0.15) is 0 Å². The van der Waals surface area contributed by atoms with E-state index >= 15 is 0 Å². The van der Waals surface area contributed by atoms with E-state index in [1.165, 1.54) is 7.11 Å². The Kier molecular flexibility index (Phi) is 7.39. The van der Waals surface area contributed by atoms with E-state index in [1.54, 1.807) is 14.2 Å². The van der Waals surface area contributed by atoms with Gasteiger partial charge in [0.25, 0.3) is 0 Å². The Labute approximate surface area is 125 Å². The van der Waals surface area contributed by atoms with Crippen LogP contribution in [0.25, 0.3) is 0 Å². The third-order valence-corrected chi connectivity index (χ3v) is 2.88. The van der Waals surface area contributed by atoms with Gasteiger partial charge in [0, 0.05) is 6.54 Å². The van der Waals surface area contributed by atoms with Gasteiger partial charge in [-0.15, -0.1) is 0 Å². The highest BCUT2D eigenvalue weighted by atomic mass is 16.5. The SMILES string of the molecule is CCNCc1cc(OC)c(OCCC(=O)OC)c(OC)c1. The lowest BCUT2D eigenvalue weighted by molar-refractivity contribution is -0.141. The maximum absolute atomic E-state index is 11.1. The molecule has 0 bridgehead atoms. The van der Waals surface area contributed by atoms with E-state index in [2.05, 4.69) is 10.1 Å². The summed E-state index contributed by atoms with van der Waals surface area (Å²) < 4.78 is 20.9. The van der Waals surface area contributed by atoms with E-state index in [0.717, 1.165) is 12.1 Å². The Balaban J connectivity index is 2.87. The Hall–Kier alpha value is -1.95. The van der Waals surface area contributed by atoms with Gasteiger partial charge in [0.15, 0.2) is 11.5 Å². The molecule has 6 heteroatoms. The van der Waals surface area contributed by atoms with Crippen molar-refractivity contribution in [1.82, 2.24) is 5.32 Å². The molecule has 0 spiro atoms. The van der Waals surface area contributed by atoms with Crippen molar-refractivity contribution >= 4 is 5.97 Å². The molecule has 0 radical (unpaired) electrons. The molecule has 0 heterocycles. The summed E-state index contributed by atoms with van der Waals surface area (Å²) in [4.78, 5) is 11.1. The quantitative estimate of drug-likeness (QED) is 0.701. The average molecular weight is 297 g/mol. The summed E-state index contributed by atoms with van der Waals surface area (Å²) in [5.41, 5.74) is 1.03. The van der Waals surface area contributed by atoms with Crippen LogP contribution in [0.5, 0.6) is 17.2 Å². The first-order valence-corrected chi connectivity index (χ1v) is 6.81. The van der Waals surface area contributed by atoms with Crippen molar-refractivity contribution in [2.45, 2.75) is 19.9 Å². The van der Waals surface area contributed by atoms with Gasteiger partial charge in [-0.2, -0.15) is 0 Å². The summed E-state index contributed by atoms with van der Waals surface area (Å²) >= 11 is 0. The van der Waals surface area contributed by atoms with Gasteiger partial charge in [-0.1, -0.05) is 6.92 Å². The van der Waals surface area contributed by atoms with Gasteiger partial charge >= 0.3 is 5.97 Å². The molecule has 0 atom stereocenters. The van der Waals surface area contributed by atoms with Gasteiger partial charge < -0.3 is 24.3 Å². The van der Waals surface area contributed by atoms with Gasteiger partial charge in [0.05, 0.1) is 34.4 Å². The van der Waals surface area contributed by atoms with Gasteiger partial charge in [-0.05, 0) is 24.2 Å². The summed E-state index contributed by atoms with van der Waals surface area (Å²) in [5.74, 6) is 1.32. The van der Waals surface area contributed by atoms with Crippen LogP contribution in [0.4, 0.5) is 0 Å². The lowest BCUT2D eigenvalue weighted by Gasteiger charge is -2.16.